The Morgan fingerprint density at radius 3 is 3.25 bits per heavy atom. The Labute approximate surface area is 47.8 Å². The van der Waals surface area contributed by atoms with Gasteiger partial charge in [-0.15, -0.1) is 0 Å². The van der Waals surface area contributed by atoms with Crippen LogP contribution in [0.15, 0.2) is 24.6 Å². The van der Waals surface area contributed by atoms with Gasteiger partial charge in [-0.2, -0.15) is 0 Å². The highest BCUT2D eigenvalue weighted by molar-refractivity contribution is 5.15. The molecule has 0 spiro atoms. The molecule has 0 amide bonds. The van der Waals surface area contributed by atoms with Crippen LogP contribution < -0.4 is 5.32 Å². The Kier molecular flexibility index (Phi) is 0.640. The van der Waals surface area contributed by atoms with Gasteiger partial charge in [0.05, 0.1) is 12.3 Å². The van der Waals surface area contributed by atoms with Gasteiger partial charge in [0.1, 0.15) is 6.10 Å². The molecule has 0 fully saturated rings. The molecule has 8 heavy (non-hydrogen) atoms. The molecule has 2 nitrogen and oxygen atoms in total. The summed E-state index contributed by atoms with van der Waals surface area (Å²) in [6.45, 7) is 0. The lowest BCUT2D eigenvalue weighted by atomic mass is 10.2. The normalized spacial score (nSPS) is 39.0. The van der Waals surface area contributed by atoms with Crippen LogP contribution in [-0.4, -0.2) is 12.1 Å². The zero-order valence-electron chi connectivity index (χ0n) is 4.37. The summed E-state index contributed by atoms with van der Waals surface area (Å²) in [4.78, 5) is 0. The second-order valence-corrected chi connectivity index (χ2v) is 1.98. The van der Waals surface area contributed by atoms with E-state index in [9.17, 15) is 0 Å². The number of fused-ring (bicyclic) bond motifs is 1. The standard InChI is InChI=1S/C6H7NO/c1-3-7-5-2-4-8-6(1)5/h1-7H. The van der Waals surface area contributed by atoms with Crippen molar-refractivity contribution in [2.75, 3.05) is 0 Å². The summed E-state index contributed by atoms with van der Waals surface area (Å²) in [7, 11) is 0. The molecule has 0 saturated carbocycles. The predicted molar refractivity (Wildman–Crippen MR) is 30.1 cm³/mol. The average Bonchev–Trinajstić information content (AvgIpc) is 2.15. The number of rotatable bonds is 0. The van der Waals surface area contributed by atoms with E-state index in [0.717, 1.165) is 0 Å². The Hall–Kier alpha value is -0.920. The third kappa shape index (κ3) is 0.372. The monoisotopic (exact) mass is 109 g/mol. The van der Waals surface area contributed by atoms with Gasteiger partial charge in [-0.05, 0) is 18.4 Å². The zero-order valence-corrected chi connectivity index (χ0v) is 4.37. The molecule has 1 N–H and O–H groups in total. The van der Waals surface area contributed by atoms with Crippen LogP contribution in [0.3, 0.4) is 0 Å². The lowest BCUT2D eigenvalue weighted by molar-refractivity contribution is 0.203. The maximum atomic E-state index is 5.15. The van der Waals surface area contributed by atoms with E-state index in [0.29, 0.717) is 6.04 Å². The van der Waals surface area contributed by atoms with Gasteiger partial charge in [0.15, 0.2) is 0 Å². The SMILES string of the molecule is C1=CC2OC=CC2N1. The van der Waals surface area contributed by atoms with Gasteiger partial charge < -0.3 is 10.1 Å². The van der Waals surface area contributed by atoms with Crippen molar-refractivity contribution in [3.63, 3.8) is 0 Å². The van der Waals surface area contributed by atoms with Crippen LogP contribution in [0.5, 0.6) is 0 Å². The maximum Gasteiger partial charge on any atom is 0.141 e. The van der Waals surface area contributed by atoms with Crippen LogP contribution >= 0.6 is 0 Å². The third-order valence-corrected chi connectivity index (χ3v) is 1.45. The molecule has 0 aromatic heterocycles. The van der Waals surface area contributed by atoms with E-state index in [1.807, 2.05) is 18.4 Å². The van der Waals surface area contributed by atoms with Crippen molar-refractivity contribution in [3.05, 3.63) is 24.6 Å². The van der Waals surface area contributed by atoms with E-state index < -0.39 is 0 Å². The summed E-state index contributed by atoms with van der Waals surface area (Å²) in [5.74, 6) is 0. The lowest BCUT2D eigenvalue weighted by Crippen LogP contribution is -2.24. The molecule has 0 radical (unpaired) electrons. The minimum absolute atomic E-state index is 0.273. The van der Waals surface area contributed by atoms with Gasteiger partial charge in [0, 0.05) is 0 Å². The fraction of sp³-hybridized carbons (Fsp3) is 0.333. The number of nitrogens with one attached hydrogen (secondary N) is 1. The molecular weight excluding hydrogens is 102 g/mol. The molecule has 2 aliphatic heterocycles. The highest BCUT2D eigenvalue weighted by Gasteiger charge is 2.23. The molecule has 2 aliphatic rings. The largest absolute Gasteiger partial charge is 0.492 e. The van der Waals surface area contributed by atoms with Gasteiger partial charge in [-0.1, -0.05) is 0 Å². The molecular formula is C6H7NO. The van der Waals surface area contributed by atoms with Crippen LogP contribution in [0.2, 0.25) is 0 Å². The summed E-state index contributed by atoms with van der Waals surface area (Å²) in [5.41, 5.74) is 0. The van der Waals surface area contributed by atoms with Crippen molar-refractivity contribution in [2.45, 2.75) is 12.1 Å². The van der Waals surface area contributed by atoms with Gasteiger partial charge >= 0.3 is 0 Å². The fourth-order valence-electron chi connectivity index (χ4n) is 0.992. The minimum Gasteiger partial charge on any atom is -0.492 e. The summed E-state index contributed by atoms with van der Waals surface area (Å²) in [5, 5.41) is 3.13. The van der Waals surface area contributed by atoms with Gasteiger partial charge in [-0.25, -0.2) is 0 Å². The third-order valence-electron chi connectivity index (χ3n) is 1.45. The van der Waals surface area contributed by atoms with Gasteiger partial charge in [0.2, 0.25) is 0 Å². The van der Waals surface area contributed by atoms with Crippen LogP contribution in [0.25, 0.3) is 0 Å². The summed E-state index contributed by atoms with van der Waals surface area (Å²) in [6.07, 6.45) is 7.98. The quantitative estimate of drug-likeness (QED) is 0.485. The minimum atomic E-state index is 0.273. The van der Waals surface area contributed by atoms with Crippen LogP contribution in [-0.2, 0) is 4.74 Å². The average molecular weight is 109 g/mol. The van der Waals surface area contributed by atoms with E-state index in [4.69, 9.17) is 4.74 Å². The zero-order chi connectivity index (χ0) is 5.40. The van der Waals surface area contributed by atoms with Crippen molar-refractivity contribution in [1.82, 2.24) is 5.32 Å². The molecule has 0 saturated heterocycles. The predicted octanol–water partition coefficient (Wildman–Crippen LogP) is 0.384. The summed E-state index contributed by atoms with van der Waals surface area (Å²) in [6, 6.07) is 0.412. The molecule has 2 rings (SSSR count). The highest BCUT2D eigenvalue weighted by atomic mass is 16.5. The molecule has 2 heteroatoms. The second kappa shape index (κ2) is 1.28. The van der Waals surface area contributed by atoms with E-state index in [1.54, 1.807) is 6.26 Å². The highest BCUT2D eigenvalue weighted by Crippen LogP contribution is 2.14. The molecule has 0 aromatic carbocycles. The molecule has 0 bridgehead atoms. The van der Waals surface area contributed by atoms with Crippen molar-refractivity contribution < 1.29 is 4.74 Å². The van der Waals surface area contributed by atoms with E-state index in [-0.39, 0.29) is 6.10 Å². The molecule has 42 valence electrons. The topological polar surface area (TPSA) is 21.3 Å². The first-order valence-electron chi connectivity index (χ1n) is 2.72. The number of hydrogen-bond acceptors (Lipinski definition) is 2. The molecule has 0 aliphatic carbocycles. The van der Waals surface area contributed by atoms with Crippen LogP contribution in [0.4, 0.5) is 0 Å². The molecule has 2 unspecified atom stereocenters. The Morgan fingerprint density at radius 1 is 1.38 bits per heavy atom. The molecule has 0 aromatic rings. The van der Waals surface area contributed by atoms with Crippen molar-refractivity contribution in [1.29, 1.82) is 0 Å². The Balaban J connectivity index is 2.20. The number of ether oxygens (including phenoxy) is 1. The lowest BCUT2D eigenvalue weighted by Gasteiger charge is -2.05. The van der Waals surface area contributed by atoms with Gasteiger partial charge in [0.25, 0.3) is 0 Å². The van der Waals surface area contributed by atoms with Crippen molar-refractivity contribution in [3.8, 4) is 0 Å². The summed E-state index contributed by atoms with van der Waals surface area (Å²) < 4.78 is 5.15. The van der Waals surface area contributed by atoms with Crippen molar-refractivity contribution in [2.24, 2.45) is 0 Å². The smallest absolute Gasteiger partial charge is 0.141 e. The first kappa shape index (κ1) is 4.01. The number of hydrogen-bond donors (Lipinski definition) is 1. The van der Waals surface area contributed by atoms with Gasteiger partial charge in [-0.3, -0.25) is 0 Å². The van der Waals surface area contributed by atoms with E-state index in [1.165, 1.54) is 0 Å². The van der Waals surface area contributed by atoms with Crippen molar-refractivity contribution >= 4 is 0 Å². The Morgan fingerprint density at radius 2 is 2.38 bits per heavy atom. The molecule has 2 atom stereocenters. The first-order chi connectivity index (χ1) is 3.97. The van der Waals surface area contributed by atoms with E-state index >= 15 is 0 Å². The molecule has 2 heterocycles. The second-order valence-electron chi connectivity index (χ2n) is 1.98. The maximum absolute atomic E-state index is 5.15. The summed E-state index contributed by atoms with van der Waals surface area (Å²) >= 11 is 0. The Bertz CT molecular complexity index is 133. The first-order valence-corrected chi connectivity index (χ1v) is 2.72. The van der Waals surface area contributed by atoms with Crippen LogP contribution in [0.1, 0.15) is 0 Å². The van der Waals surface area contributed by atoms with Crippen LogP contribution in [0, 0.1) is 0 Å². The van der Waals surface area contributed by atoms with E-state index in [2.05, 4.69) is 5.32 Å². The fourth-order valence-corrected chi connectivity index (χ4v) is 0.992.